The average molecular weight is 240 g/mol. The Labute approximate surface area is 104 Å². The quantitative estimate of drug-likeness (QED) is 0.334. The molecule has 0 aliphatic heterocycles. The monoisotopic (exact) mass is 240 g/mol. The van der Waals surface area contributed by atoms with Gasteiger partial charge in [0.05, 0.1) is 13.2 Å². The van der Waals surface area contributed by atoms with Gasteiger partial charge in [0.2, 0.25) is 0 Å². The number of hydrogen-bond donors (Lipinski definition) is 0. The summed E-state index contributed by atoms with van der Waals surface area (Å²) in [5.41, 5.74) is 0. The second-order valence-electron chi connectivity index (χ2n) is 3.61. The molecule has 0 spiro atoms. The van der Waals surface area contributed by atoms with Gasteiger partial charge in [-0.25, -0.2) is 4.79 Å². The second-order valence-corrected chi connectivity index (χ2v) is 3.61. The second kappa shape index (κ2) is 13.0. The summed E-state index contributed by atoms with van der Waals surface area (Å²) in [6.07, 6.45) is 11.9. The largest absolute Gasteiger partial charge is 0.464 e. The van der Waals surface area contributed by atoms with Gasteiger partial charge in [-0.3, -0.25) is 0 Å². The van der Waals surface area contributed by atoms with Crippen molar-refractivity contribution >= 4 is 5.97 Å². The summed E-state index contributed by atoms with van der Waals surface area (Å²) in [5.74, 6) is -0.283. The summed E-state index contributed by atoms with van der Waals surface area (Å²) in [4.78, 5) is 11.2. The number of rotatable bonds is 10. The van der Waals surface area contributed by atoms with Crippen LogP contribution in [-0.2, 0) is 14.3 Å². The average Bonchev–Trinajstić information content (AvgIpc) is 2.33. The molecule has 0 aliphatic rings. The number of ether oxygens (including phenoxy) is 2. The van der Waals surface area contributed by atoms with Crippen LogP contribution in [0.5, 0.6) is 0 Å². The molecule has 0 aromatic heterocycles. The lowest BCUT2D eigenvalue weighted by Gasteiger charge is -2.03. The number of esters is 1. The number of carbonyl (C=O) groups excluding carboxylic acids is 1. The summed E-state index contributed by atoms with van der Waals surface area (Å²) in [6.45, 7) is 5.22. The van der Waals surface area contributed by atoms with E-state index in [1.54, 1.807) is 0 Å². The molecular weight excluding hydrogens is 216 g/mol. The van der Waals surface area contributed by atoms with Crippen LogP contribution in [0.2, 0.25) is 0 Å². The van der Waals surface area contributed by atoms with Crippen LogP contribution < -0.4 is 0 Å². The molecule has 3 heteroatoms. The Hall–Kier alpha value is -1.09. The smallest absolute Gasteiger partial charge is 0.332 e. The predicted molar refractivity (Wildman–Crippen MR) is 69.9 cm³/mol. The van der Waals surface area contributed by atoms with E-state index in [0.29, 0.717) is 13.2 Å². The molecule has 98 valence electrons. The van der Waals surface area contributed by atoms with E-state index in [2.05, 4.69) is 32.1 Å². The van der Waals surface area contributed by atoms with Crippen molar-refractivity contribution in [3.05, 3.63) is 24.3 Å². The zero-order valence-corrected chi connectivity index (χ0v) is 11.0. The van der Waals surface area contributed by atoms with Gasteiger partial charge in [0, 0.05) is 0 Å². The summed E-state index contributed by atoms with van der Waals surface area (Å²) in [6, 6.07) is 0. The van der Waals surface area contributed by atoms with Crippen molar-refractivity contribution in [1.29, 1.82) is 0 Å². The fraction of sp³-hybridized carbons (Fsp3) is 0.643. The summed E-state index contributed by atoms with van der Waals surface area (Å²) < 4.78 is 10.2. The molecule has 0 unspecified atom stereocenters. The van der Waals surface area contributed by atoms with Crippen LogP contribution in [0.3, 0.4) is 0 Å². The highest BCUT2D eigenvalue weighted by Crippen LogP contribution is 1.91. The fourth-order valence-corrected chi connectivity index (χ4v) is 1.16. The molecule has 0 saturated carbocycles. The third kappa shape index (κ3) is 12.8. The van der Waals surface area contributed by atoms with Crippen LogP contribution in [0.4, 0.5) is 0 Å². The molecule has 0 amide bonds. The molecule has 0 bridgehead atoms. The van der Waals surface area contributed by atoms with E-state index in [1.807, 2.05) is 6.08 Å². The molecule has 0 atom stereocenters. The molecule has 3 nitrogen and oxygen atoms in total. The van der Waals surface area contributed by atoms with Gasteiger partial charge in [-0.05, 0) is 25.7 Å². The minimum absolute atomic E-state index is 0.0530. The lowest BCUT2D eigenvalue weighted by atomic mass is 10.3. The van der Waals surface area contributed by atoms with Gasteiger partial charge in [0.25, 0.3) is 0 Å². The van der Waals surface area contributed by atoms with Crippen molar-refractivity contribution in [3.63, 3.8) is 0 Å². The fourth-order valence-electron chi connectivity index (χ4n) is 1.16. The molecule has 0 rings (SSSR count). The molecule has 0 fully saturated rings. The number of hydrogen-bond acceptors (Lipinski definition) is 3. The van der Waals surface area contributed by atoms with E-state index in [9.17, 15) is 4.79 Å². The highest BCUT2D eigenvalue weighted by molar-refractivity contribution is 5.70. The normalized spacial score (nSPS) is 11.4. The van der Waals surface area contributed by atoms with E-state index in [-0.39, 0.29) is 12.6 Å². The van der Waals surface area contributed by atoms with Gasteiger partial charge >= 0.3 is 5.97 Å². The Morgan fingerprint density at radius 3 is 2.12 bits per heavy atom. The van der Waals surface area contributed by atoms with Crippen molar-refractivity contribution < 1.29 is 14.3 Å². The molecule has 0 heterocycles. The van der Waals surface area contributed by atoms with Crippen LogP contribution in [0, 0.1) is 0 Å². The number of carbonyl (C=O) groups is 1. The summed E-state index contributed by atoms with van der Waals surface area (Å²) >= 11 is 0. The molecule has 0 saturated heterocycles. The Morgan fingerprint density at radius 2 is 1.53 bits per heavy atom. The third-order valence-corrected chi connectivity index (χ3v) is 2.00. The Balaban J connectivity index is 3.29. The number of allylic oxidation sites excluding steroid dienone is 2. The van der Waals surface area contributed by atoms with Gasteiger partial charge in [-0.2, -0.15) is 0 Å². The highest BCUT2D eigenvalue weighted by atomic mass is 16.6. The lowest BCUT2D eigenvalue weighted by Crippen LogP contribution is -2.13. The van der Waals surface area contributed by atoms with E-state index in [1.165, 1.54) is 0 Å². The van der Waals surface area contributed by atoms with Crippen molar-refractivity contribution in [2.24, 2.45) is 0 Å². The first-order valence-corrected chi connectivity index (χ1v) is 6.34. The van der Waals surface area contributed by atoms with Gasteiger partial charge in [0.15, 0.2) is 0 Å². The maximum atomic E-state index is 11.2. The van der Waals surface area contributed by atoms with E-state index in [0.717, 1.165) is 25.7 Å². The Morgan fingerprint density at radius 1 is 0.941 bits per heavy atom. The minimum Gasteiger partial charge on any atom is -0.464 e. The van der Waals surface area contributed by atoms with Crippen molar-refractivity contribution in [1.82, 2.24) is 0 Å². The van der Waals surface area contributed by atoms with E-state index >= 15 is 0 Å². The van der Waals surface area contributed by atoms with Crippen LogP contribution in [-0.4, -0.2) is 25.8 Å². The van der Waals surface area contributed by atoms with E-state index < -0.39 is 0 Å². The van der Waals surface area contributed by atoms with Crippen molar-refractivity contribution in [2.45, 2.75) is 39.5 Å². The molecule has 0 aromatic rings. The predicted octanol–water partition coefficient (Wildman–Crippen LogP) is 3.26. The van der Waals surface area contributed by atoms with Crippen molar-refractivity contribution in [2.75, 3.05) is 19.8 Å². The maximum absolute atomic E-state index is 11.2. The molecule has 0 radical (unpaired) electrons. The highest BCUT2D eigenvalue weighted by Gasteiger charge is 2.00. The molecule has 0 aromatic carbocycles. The first kappa shape index (κ1) is 15.9. The van der Waals surface area contributed by atoms with Gasteiger partial charge in [-0.15, -0.1) is 0 Å². The molecule has 0 aliphatic carbocycles. The SMILES string of the molecule is CC/C=C\CCOCC(=O)OCC/C=C\CC. The van der Waals surface area contributed by atoms with Gasteiger partial charge in [0.1, 0.15) is 6.61 Å². The molecule has 0 N–H and O–H groups in total. The maximum Gasteiger partial charge on any atom is 0.332 e. The Kier molecular flexibility index (Phi) is 12.1. The zero-order chi connectivity index (χ0) is 12.8. The first-order chi connectivity index (χ1) is 8.31. The van der Waals surface area contributed by atoms with Crippen LogP contribution in [0.25, 0.3) is 0 Å². The minimum atomic E-state index is -0.283. The summed E-state index contributed by atoms with van der Waals surface area (Å²) in [5, 5.41) is 0. The zero-order valence-electron chi connectivity index (χ0n) is 11.0. The standard InChI is InChI=1S/C14H24O3/c1-3-5-7-9-11-16-13-14(15)17-12-10-8-6-4-2/h5-8H,3-4,9-13H2,1-2H3/b7-5-,8-6-. The molecular formula is C14H24O3. The third-order valence-electron chi connectivity index (χ3n) is 2.00. The van der Waals surface area contributed by atoms with Gasteiger partial charge < -0.3 is 9.47 Å². The Bertz CT molecular complexity index is 232. The molecule has 17 heavy (non-hydrogen) atoms. The van der Waals surface area contributed by atoms with E-state index in [4.69, 9.17) is 9.47 Å². The first-order valence-electron chi connectivity index (χ1n) is 6.34. The lowest BCUT2D eigenvalue weighted by molar-refractivity contribution is -0.148. The van der Waals surface area contributed by atoms with Crippen LogP contribution in [0.1, 0.15) is 39.5 Å². The van der Waals surface area contributed by atoms with Crippen molar-refractivity contribution in [3.8, 4) is 0 Å². The topological polar surface area (TPSA) is 35.5 Å². The van der Waals surface area contributed by atoms with Gasteiger partial charge in [-0.1, -0.05) is 38.2 Å². The van der Waals surface area contributed by atoms with Crippen LogP contribution >= 0.6 is 0 Å². The van der Waals surface area contributed by atoms with Crippen LogP contribution in [0.15, 0.2) is 24.3 Å². The summed E-state index contributed by atoms with van der Waals surface area (Å²) in [7, 11) is 0.